The molecule has 0 spiro atoms. The first kappa shape index (κ1) is 13.7. The molecule has 2 rings (SSSR count). The van der Waals surface area contributed by atoms with Crippen molar-refractivity contribution in [1.29, 1.82) is 0 Å². The zero-order valence-corrected chi connectivity index (χ0v) is 11.3. The first-order valence-corrected chi connectivity index (χ1v) is 6.60. The van der Waals surface area contributed by atoms with Gasteiger partial charge in [-0.2, -0.15) is 0 Å². The number of nitrogens with one attached hydrogen (secondary N) is 1. The molecule has 3 nitrogen and oxygen atoms in total. The van der Waals surface area contributed by atoms with Gasteiger partial charge in [-0.1, -0.05) is 6.07 Å². The average molecular weight is 321 g/mol. The van der Waals surface area contributed by atoms with Crippen molar-refractivity contribution in [3.63, 3.8) is 0 Å². The number of alkyl halides is 2. The predicted octanol–water partition coefficient (Wildman–Crippen LogP) is 2.37. The quantitative estimate of drug-likeness (QED) is 0.897. The van der Waals surface area contributed by atoms with Crippen LogP contribution in [0, 0.1) is 0 Å². The van der Waals surface area contributed by atoms with Crippen LogP contribution in [0.15, 0.2) is 22.7 Å². The van der Waals surface area contributed by atoms with Crippen molar-refractivity contribution < 1.29 is 13.9 Å². The molecule has 0 amide bonds. The Morgan fingerprint density at radius 3 is 2.50 bits per heavy atom. The van der Waals surface area contributed by atoms with E-state index in [1.54, 1.807) is 17.0 Å². The van der Waals surface area contributed by atoms with Crippen LogP contribution in [-0.2, 0) is 0 Å². The lowest BCUT2D eigenvalue weighted by molar-refractivity contribution is 0.0181. The molecule has 1 atom stereocenters. The minimum Gasteiger partial charge on any atom is -0.507 e. The number of phenols is 1. The number of hydrogen-bond acceptors (Lipinski definition) is 3. The van der Waals surface area contributed by atoms with E-state index in [1.165, 1.54) is 6.07 Å². The van der Waals surface area contributed by atoms with Gasteiger partial charge in [-0.15, -0.1) is 0 Å². The summed E-state index contributed by atoms with van der Waals surface area (Å²) in [6.07, 6.45) is -2.44. The number of nitrogens with zero attached hydrogens (tertiary/aromatic N) is 1. The number of rotatable bonds is 3. The lowest BCUT2D eigenvalue weighted by atomic mass is 10.0. The summed E-state index contributed by atoms with van der Waals surface area (Å²) in [5.74, 6) is 0.0621. The Labute approximate surface area is 113 Å². The molecule has 1 fully saturated rings. The van der Waals surface area contributed by atoms with Crippen molar-refractivity contribution >= 4 is 15.9 Å². The highest BCUT2D eigenvalue weighted by Gasteiger charge is 2.30. The van der Waals surface area contributed by atoms with E-state index < -0.39 is 12.5 Å². The lowest BCUT2D eigenvalue weighted by Crippen LogP contribution is -2.46. The lowest BCUT2D eigenvalue weighted by Gasteiger charge is -2.34. The first-order chi connectivity index (χ1) is 8.59. The zero-order chi connectivity index (χ0) is 13.1. The van der Waals surface area contributed by atoms with E-state index >= 15 is 0 Å². The number of benzene rings is 1. The monoisotopic (exact) mass is 320 g/mol. The summed E-state index contributed by atoms with van der Waals surface area (Å²) in [6, 6.07) is 3.65. The maximum absolute atomic E-state index is 13.3. The third-order valence-corrected chi connectivity index (χ3v) is 3.73. The van der Waals surface area contributed by atoms with E-state index in [-0.39, 0.29) is 5.75 Å². The van der Waals surface area contributed by atoms with Crippen LogP contribution in [0.1, 0.15) is 11.6 Å². The molecule has 1 aliphatic rings. The van der Waals surface area contributed by atoms with Crippen molar-refractivity contribution in [3.05, 3.63) is 28.2 Å². The van der Waals surface area contributed by atoms with Crippen molar-refractivity contribution in [2.75, 3.05) is 26.2 Å². The second-order valence-corrected chi connectivity index (χ2v) is 5.13. The van der Waals surface area contributed by atoms with Gasteiger partial charge >= 0.3 is 0 Å². The summed E-state index contributed by atoms with van der Waals surface area (Å²) in [5.41, 5.74) is 0.525. The summed E-state index contributed by atoms with van der Waals surface area (Å²) < 4.78 is 27.0. The fourth-order valence-electron chi connectivity index (χ4n) is 2.18. The van der Waals surface area contributed by atoms with Crippen LogP contribution < -0.4 is 5.32 Å². The summed E-state index contributed by atoms with van der Waals surface area (Å²) in [4.78, 5) is 1.78. The topological polar surface area (TPSA) is 35.5 Å². The molecular weight excluding hydrogens is 306 g/mol. The molecular formula is C12H15BrF2N2O. The van der Waals surface area contributed by atoms with E-state index in [9.17, 15) is 13.9 Å². The number of aromatic hydroxyl groups is 1. The fourth-order valence-corrected chi connectivity index (χ4v) is 2.58. The van der Waals surface area contributed by atoms with Gasteiger partial charge in [0.15, 0.2) is 0 Å². The van der Waals surface area contributed by atoms with E-state index in [0.717, 1.165) is 13.1 Å². The normalized spacial score (nSPS) is 19.1. The molecule has 100 valence electrons. The van der Waals surface area contributed by atoms with Crippen LogP contribution in [-0.4, -0.2) is 42.6 Å². The van der Waals surface area contributed by atoms with Gasteiger partial charge < -0.3 is 10.4 Å². The molecule has 1 saturated heterocycles. The summed E-state index contributed by atoms with van der Waals surface area (Å²) in [6.45, 7) is 2.66. The average Bonchev–Trinajstić information content (AvgIpc) is 2.35. The van der Waals surface area contributed by atoms with Gasteiger partial charge in [-0.25, -0.2) is 8.78 Å². The van der Waals surface area contributed by atoms with Crippen LogP contribution in [0.2, 0.25) is 0 Å². The number of phenolic OH excluding ortho intramolecular Hbond substituents is 1. The Morgan fingerprint density at radius 2 is 1.94 bits per heavy atom. The van der Waals surface area contributed by atoms with Gasteiger partial charge in [0.25, 0.3) is 6.43 Å². The molecule has 0 radical (unpaired) electrons. The Balaban J connectivity index is 2.25. The molecule has 2 N–H and O–H groups in total. The van der Waals surface area contributed by atoms with Gasteiger partial charge in [0, 0.05) is 26.2 Å². The highest BCUT2D eigenvalue weighted by molar-refractivity contribution is 9.10. The second-order valence-electron chi connectivity index (χ2n) is 4.28. The molecule has 0 unspecified atom stereocenters. The maximum atomic E-state index is 13.3. The van der Waals surface area contributed by atoms with Gasteiger partial charge in [0.2, 0.25) is 0 Å². The molecule has 1 aliphatic heterocycles. The summed E-state index contributed by atoms with van der Waals surface area (Å²) >= 11 is 3.16. The third-order valence-electron chi connectivity index (χ3n) is 3.10. The van der Waals surface area contributed by atoms with Crippen molar-refractivity contribution in [3.8, 4) is 5.75 Å². The minimum atomic E-state index is -2.44. The smallest absolute Gasteiger partial charge is 0.258 e. The first-order valence-electron chi connectivity index (χ1n) is 5.81. The minimum absolute atomic E-state index is 0.0621. The van der Waals surface area contributed by atoms with Crippen LogP contribution in [0.5, 0.6) is 5.75 Å². The Bertz CT molecular complexity index is 411. The summed E-state index contributed by atoms with van der Waals surface area (Å²) in [7, 11) is 0. The highest BCUT2D eigenvalue weighted by Crippen LogP contribution is 2.32. The van der Waals surface area contributed by atoms with Crippen LogP contribution in [0.3, 0.4) is 0 Å². The van der Waals surface area contributed by atoms with Gasteiger partial charge in [0.05, 0.1) is 10.5 Å². The molecule has 18 heavy (non-hydrogen) atoms. The standard InChI is InChI=1S/C12H15BrF2N2O/c13-9-7-8(1-2-10(9)18)11(12(14)15)17-5-3-16-4-6-17/h1-2,7,11-12,16,18H,3-6H2/t11-/m1/s1. The highest BCUT2D eigenvalue weighted by atomic mass is 79.9. The summed E-state index contributed by atoms with van der Waals surface area (Å²) in [5, 5.41) is 12.6. The Hall–Kier alpha value is -0.720. The van der Waals surface area contributed by atoms with E-state index in [2.05, 4.69) is 21.2 Å². The SMILES string of the molecule is Oc1ccc([C@H](C(F)F)N2CCNCC2)cc1Br. The maximum Gasteiger partial charge on any atom is 0.258 e. The molecule has 0 saturated carbocycles. The fraction of sp³-hybridized carbons (Fsp3) is 0.500. The predicted molar refractivity (Wildman–Crippen MR) is 69.0 cm³/mol. The second kappa shape index (κ2) is 5.95. The number of hydrogen-bond donors (Lipinski definition) is 2. The zero-order valence-electron chi connectivity index (χ0n) is 9.74. The largest absolute Gasteiger partial charge is 0.507 e. The number of halogens is 3. The van der Waals surface area contributed by atoms with Crippen molar-refractivity contribution in [2.45, 2.75) is 12.5 Å². The van der Waals surface area contributed by atoms with Crippen molar-refractivity contribution in [2.24, 2.45) is 0 Å². The van der Waals surface area contributed by atoms with Crippen LogP contribution in [0.25, 0.3) is 0 Å². The van der Waals surface area contributed by atoms with Crippen molar-refractivity contribution in [1.82, 2.24) is 10.2 Å². The molecule has 6 heteroatoms. The van der Waals surface area contributed by atoms with Gasteiger partial charge in [-0.3, -0.25) is 4.90 Å². The van der Waals surface area contributed by atoms with Crippen LogP contribution >= 0.6 is 15.9 Å². The van der Waals surface area contributed by atoms with Gasteiger partial charge in [-0.05, 0) is 33.6 Å². The Morgan fingerprint density at radius 1 is 1.28 bits per heavy atom. The number of piperazine rings is 1. The third kappa shape index (κ3) is 2.99. The molecule has 0 bridgehead atoms. The van der Waals surface area contributed by atoms with E-state index in [4.69, 9.17) is 0 Å². The van der Waals surface area contributed by atoms with E-state index in [1.807, 2.05) is 0 Å². The van der Waals surface area contributed by atoms with Crippen LogP contribution in [0.4, 0.5) is 8.78 Å². The van der Waals surface area contributed by atoms with Gasteiger partial charge in [0.1, 0.15) is 5.75 Å². The molecule has 0 aliphatic carbocycles. The molecule has 1 aromatic carbocycles. The van der Waals surface area contributed by atoms with E-state index in [0.29, 0.717) is 23.1 Å². The molecule has 1 aromatic rings. The molecule has 1 heterocycles. The Kier molecular flexibility index (Phi) is 4.53. The molecule has 0 aromatic heterocycles.